The highest BCUT2D eigenvalue weighted by Crippen LogP contribution is 2.20. The Balaban J connectivity index is 2.09. The van der Waals surface area contributed by atoms with E-state index in [0.29, 0.717) is 18.5 Å². The lowest BCUT2D eigenvalue weighted by molar-refractivity contribution is -0.144. The standard InChI is InChI=1S/C17H23NO4/c1-12(2)22-17(21)14-7-5-6-13(10-14)11-18-9-4-3-8-15(18)16(19)20/h5-7,10,12,15H,3-4,8-9,11H2,1-2H3,(H,19,20). The molecule has 1 aromatic carbocycles. The zero-order chi connectivity index (χ0) is 16.1. The number of carboxylic acid groups (broad SMARTS) is 1. The molecule has 0 saturated carbocycles. The number of piperidine rings is 1. The van der Waals surface area contributed by atoms with Crippen molar-refractivity contribution in [1.29, 1.82) is 0 Å². The number of ether oxygens (including phenoxy) is 1. The maximum Gasteiger partial charge on any atom is 0.338 e. The SMILES string of the molecule is CC(C)OC(=O)c1cccc(CN2CCCCC2C(=O)O)c1. The third-order valence-corrected chi connectivity index (χ3v) is 3.79. The van der Waals surface area contributed by atoms with Gasteiger partial charge in [0, 0.05) is 6.54 Å². The Hall–Kier alpha value is -1.88. The third kappa shape index (κ3) is 4.31. The van der Waals surface area contributed by atoms with Crippen molar-refractivity contribution >= 4 is 11.9 Å². The molecule has 0 spiro atoms. The van der Waals surface area contributed by atoms with Crippen LogP contribution in [0.4, 0.5) is 0 Å². The van der Waals surface area contributed by atoms with Crippen LogP contribution < -0.4 is 0 Å². The summed E-state index contributed by atoms with van der Waals surface area (Å²) < 4.78 is 5.19. The molecule has 1 aromatic rings. The van der Waals surface area contributed by atoms with E-state index in [1.165, 1.54) is 0 Å². The number of rotatable bonds is 5. The summed E-state index contributed by atoms with van der Waals surface area (Å²) >= 11 is 0. The summed E-state index contributed by atoms with van der Waals surface area (Å²) in [7, 11) is 0. The van der Waals surface area contributed by atoms with Gasteiger partial charge in [-0.15, -0.1) is 0 Å². The van der Waals surface area contributed by atoms with Crippen LogP contribution in [0.25, 0.3) is 0 Å². The van der Waals surface area contributed by atoms with E-state index in [1.807, 2.05) is 30.9 Å². The molecule has 1 unspecified atom stereocenters. The molecular formula is C17H23NO4. The van der Waals surface area contributed by atoms with Crippen LogP contribution in [0.15, 0.2) is 24.3 Å². The number of likely N-dealkylation sites (tertiary alicyclic amines) is 1. The first-order valence-electron chi connectivity index (χ1n) is 7.74. The molecule has 0 aromatic heterocycles. The van der Waals surface area contributed by atoms with Gasteiger partial charge in [-0.1, -0.05) is 18.6 Å². The Morgan fingerprint density at radius 2 is 2.14 bits per heavy atom. The second-order valence-corrected chi connectivity index (χ2v) is 5.97. The lowest BCUT2D eigenvalue weighted by atomic mass is 10.0. The van der Waals surface area contributed by atoms with E-state index in [-0.39, 0.29) is 12.1 Å². The maximum absolute atomic E-state index is 11.9. The van der Waals surface area contributed by atoms with Gasteiger partial charge >= 0.3 is 11.9 Å². The molecule has 1 fully saturated rings. The Morgan fingerprint density at radius 3 is 2.82 bits per heavy atom. The molecule has 120 valence electrons. The third-order valence-electron chi connectivity index (χ3n) is 3.79. The molecule has 0 aliphatic carbocycles. The van der Waals surface area contributed by atoms with Crippen molar-refractivity contribution in [2.24, 2.45) is 0 Å². The molecule has 0 bridgehead atoms. The smallest absolute Gasteiger partial charge is 0.338 e. The average Bonchev–Trinajstić information content (AvgIpc) is 2.47. The van der Waals surface area contributed by atoms with E-state index in [2.05, 4.69) is 0 Å². The summed E-state index contributed by atoms with van der Waals surface area (Å²) in [6.45, 7) is 4.94. The largest absolute Gasteiger partial charge is 0.480 e. The summed E-state index contributed by atoms with van der Waals surface area (Å²) in [5.74, 6) is -1.11. The van der Waals surface area contributed by atoms with Crippen molar-refractivity contribution in [3.8, 4) is 0 Å². The van der Waals surface area contributed by atoms with Crippen molar-refractivity contribution in [2.75, 3.05) is 6.54 Å². The molecule has 1 aliphatic rings. The van der Waals surface area contributed by atoms with E-state index in [9.17, 15) is 14.7 Å². The molecular weight excluding hydrogens is 282 g/mol. The molecule has 1 heterocycles. The number of esters is 1. The van der Waals surface area contributed by atoms with Gasteiger partial charge in [-0.2, -0.15) is 0 Å². The second kappa shape index (κ2) is 7.40. The molecule has 22 heavy (non-hydrogen) atoms. The van der Waals surface area contributed by atoms with Crippen LogP contribution in [-0.4, -0.2) is 40.6 Å². The normalized spacial score (nSPS) is 19.1. The number of carboxylic acids is 1. The van der Waals surface area contributed by atoms with Gasteiger partial charge in [0.2, 0.25) is 0 Å². The second-order valence-electron chi connectivity index (χ2n) is 5.97. The highest BCUT2D eigenvalue weighted by molar-refractivity contribution is 5.89. The topological polar surface area (TPSA) is 66.8 Å². The number of hydrogen-bond acceptors (Lipinski definition) is 4. The van der Waals surface area contributed by atoms with Crippen molar-refractivity contribution in [3.05, 3.63) is 35.4 Å². The Kier molecular flexibility index (Phi) is 5.55. The number of carbonyl (C=O) groups excluding carboxylic acids is 1. The molecule has 1 saturated heterocycles. The first-order valence-corrected chi connectivity index (χ1v) is 7.74. The quantitative estimate of drug-likeness (QED) is 0.847. The van der Waals surface area contributed by atoms with Crippen LogP contribution >= 0.6 is 0 Å². The summed E-state index contributed by atoms with van der Waals surface area (Å²) in [5.41, 5.74) is 1.45. The van der Waals surface area contributed by atoms with Gasteiger partial charge in [-0.3, -0.25) is 9.69 Å². The van der Waals surface area contributed by atoms with Crippen molar-refractivity contribution in [2.45, 2.75) is 51.8 Å². The fourth-order valence-electron chi connectivity index (χ4n) is 2.77. The predicted octanol–water partition coefficient (Wildman–Crippen LogP) is 2.69. The lowest BCUT2D eigenvalue weighted by Crippen LogP contribution is -2.44. The minimum atomic E-state index is -0.768. The minimum absolute atomic E-state index is 0.158. The highest BCUT2D eigenvalue weighted by atomic mass is 16.5. The molecule has 1 atom stereocenters. The average molecular weight is 305 g/mol. The number of carbonyl (C=O) groups is 2. The van der Waals surface area contributed by atoms with Crippen LogP contribution in [0.1, 0.15) is 49.0 Å². The number of hydrogen-bond donors (Lipinski definition) is 1. The Bertz CT molecular complexity index is 541. The first-order chi connectivity index (χ1) is 10.5. The van der Waals surface area contributed by atoms with Crippen LogP contribution in [-0.2, 0) is 16.1 Å². The fourth-order valence-corrected chi connectivity index (χ4v) is 2.77. The van der Waals surface area contributed by atoms with Crippen LogP contribution in [0.2, 0.25) is 0 Å². The van der Waals surface area contributed by atoms with Gasteiger partial charge in [0.15, 0.2) is 0 Å². The van der Waals surface area contributed by atoms with Gasteiger partial charge < -0.3 is 9.84 Å². The zero-order valence-corrected chi connectivity index (χ0v) is 13.1. The van der Waals surface area contributed by atoms with E-state index in [1.54, 1.807) is 12.1 Å². The van der Waals surface area contributed by atoms with Crippen LogP contribution in [0, 0.1) is 0 Å². The number of aliphatic carboxylic acids is 1. The maximum atomic E-state index is 11.9. The summed E-state index contributed by atoms with van der Waals surface area (Å²) in [4.78, 5) is 25.2. The minimum Gasteiger partial charge on any atom is -0.480 e. The molecule has 2 rings (SSSR count). The van der Waals surface area contributed by atoms with E-state index < -0.39 is 12.0 Å². The van der Waals surface area contributed by atoms with Gasteiger partial charge in [-0.05, 0) is 50.9 Å². The monoisotopic (exact) mass is 305 g/mol. The fraction of sp³-hybridized carbons (Fsp3) is 0.529. The molecule has 1 N–H and O–H groups in total. The van der Waals surface area contributed by atoms with Crippen molar-refractivity contribution in [1.82, 2.24) is 4.90 Å². The van der Waals surface area contributed by atoms with E-state index >= 15 is 0 Å². The zero-order valence-electron chi connectivity index (χ0n) is 13.1. The summed E-state index contributed by atoms with van der Waals surface area (Å²) in [6.07, 6.45) is 2.49. The Labute approximate surface area is 130 Å². The van der Waals surface area contributed by atoms with Crippen LogP contribution in [0.5, 0.6) is 0 Å². The summed E-state index contributed by atoms with van der Waals surface area (Å²) in [5, 5.41) is 9.31. The number of benzene rings is 1. The highest BCUT2D eigenvalue weighted by Gasteiger charge is 2.28. The Morgan fingerprint density at radius 1 is 1.36 bits per heavy atom. The predicted molar refractivity (Wildman–Crippen MR) is 82.7 cm³/mol. The first kappa shape index (κ1) is 16.5. The van der Waals surface area contributed by atoms with E-state index in [0.717, 1.165) is 24.9 Å². The molecule has 5 heteroatoms. The van der Waals surface area contributed by atoms with Gasteiger partial charge in [0.05, 0.1) is 11.7 Å². The van der Waals surface area contributed by atoms with Crippen LogP contribution in [0.3, 0.4) is 0 Å². The van der Waals surface area contributed by atoms with Gasteiger partial charge in [0.25, 0.3) is 0 Å². The molecule has 5 nitrogen and oxygen atoms in total. The van der Waals surface area contributed by atoms with Crippen molar-refractivity contribution in [3.63, 3.8) is 0 Å². The van der Waals surface area contributed by atoms with E-state index in [4.69, 9.17) is 4.74 Å². The molecule has 0 radical (unpaired) electrons. The summed E-state index contributed by atoms with van der Waals surface area (Å²) in [6, 6.07) is 6.81. The van der Waals surface area contributed by atoms with Gasteiger partial charge in [0.1, 0.15) is 6.04 Å². The molecule has 1 aliphatic heterocycles. The lowest BCUT2D eigenvalue weighted by Gasteiger charge is -2.32. The van der Waals surface area contributed by atoms with Gasteiger partial charge in [-0.25, -0.2) is 4.79 Å². The molecule has 0 amide bonds. The number of nitrogens with zero attached hydrogens (tertiary/aromatic N) is 1. The van der Waals surface area contributed by atoms with Crippen molar-refractivity contribution < 1.29 is 19.4 Å².